The van der Waals surface area contributed by atoms with Crippen molar-refractivity contribution in [1.82, 2.24) is 14.5 Å². The van der Waals surface area contributed by atoms with Gasteiger partial charge in [-0.1, -0.05) is 24.4 Å². The van der Waals surface area contributed by atoms with Gasteiger partial charge in [0.1, 0.15) is 5.15 Å². The number of hydrogen-bond acceptors (Lipinski definition) is 3. The van der Waals surface area contributed by atoms with Crippen LogP contribution in [0.4, 0.5) is 0 Å². The maximum Gasteiger partial charge on any atom is 0.334 e. The molecule has 1 fully saturated rings. The monoisotopic (exact) mass is 305 g/mol. The van der Waals surface area contributed by atoms with E-state index in [1.54, 1.807) is 12.1 Å². The number of aromatic amines is 1. The van der Waals surface area contributed by atoms with Crippen molar-refractivity contribution in [1.29, 1.82) is 0 Å². The first-order valence-corrected chi connectivity index (χ1v) is 7.43. The Labute approximate surface area is 126 Å². The van der Waals surface area contributed by atoms with E-state index in [-0.39, 0.29) is 16.6 Å². The van der Waals surface area contributed by atoms with E-state index in [0.717, 1.165) is 35.9 Å². The molecule has 0 spiro atoms. The fraction of sp³-hybridized carbons (Fsp3) is 0.400. The van der Waals surface area contributed by atoms with Crippen LogP contribution in [0.3, 0.4) is 0 Å². The lowest BCUT2D eigenvalue weighted by Gasteiger charge is -2.13. The lowest BCUT2D eigenvalue weighted by Crippen LogP contribution is -2.36. The molecule has 0 atom stereocenters. The Balaban J connectivity index is 2.21. The van der Waals surface area contributed by atoms with Crippen LogP contribution >= 0.6 is 11.6 Å². The molecule has 0 saturated heterocycles. The van der Waals surface area contributed by atoms with E-state index in [2.05, 4.69) is 9.97 Å². The van der Waals surface area contributed by atoms with E-state index in [1.807, 2.05) is 6.92 Å². The smallest absolute Gasteiger partial charge is 0.297 e. The molecular formula is C15H16ClN3O2. The topological polar surface area (TPSA) is 67.8 Å². The minimum atomic E-state index is -0.530. The highest BCUT2D eigenvalue weighted by Gasteiger charge is 2.25. The quantitative estimate of drug-likeness (QED) is 0.867. The Morgan fingerprint density at radius 3 is 2.62 bits per heavy atom. The Morgan fingerprint density at radius 1 is 1.29 bits per heavy atom. The fourth-order valence-corrected chi connectivity index (χ4v) is 3.23. The highest BCUT2D eigenvalue weighted by Crippen LogP contribution is 2.34. The molecule has 2 aromatic rings. The van der Waals surface area contributed by atoms with Crippen LogP contribution in [0.25, 0.3) is 5.69 Å². The van der Waals surface area contributed by atoms with Gasteiger partial charge in [-0.25, -0.2) is 9.36 Å². The number of H-pyrrole nitrogens is 1. The first-order chi connectivity index (χ1) is 10.1. The number of halogens is 1. The van der Waals surface area contributed by atoms with Crippen molar-refractivity contribution in [2.75, 3.05) is 0 Å². The Hall–Kier alpha value is -1.88. The summed E-state index contributed by atoms with van der Waals surface area (Å²) in [4.78, 5) is 31.5. The summed E-state index contributed by atoms with van der Waals surface area (Å²) in [6.07, 6.45) is 5.58. The third-order valence-electron chi connectivity index (χ3n) is 4.01. The number of pyridine rings is 1. The van der Waals surface area contributed by atoms with Gasteiger partial charge in [0.05, 0.1) is 17.4 Å². The predicted octanol–water partition coefficient (Wildman–Crippen LogP) is 2.54. The molecule has 0 unspecified atom stereocenters. The number of nitrogens with zero attached hydrogens (tertiary/aromatic N) is 2. The molecule has 5 nitrogen and oxygen atoms in total. The molecule has 1 aliphatic carbocycles. The van der Waals surface area contributed by atoms with Gasteiger partial charge in [-0.2, -0.15) is 0 Å². The molecule has 21 heavy (non-hydrogen) atoms. The molecular weight excluding hydrogens is 290 g/mol. The van der Waals surface area contributed by atoms with E-state index in [1.165, 1.54) is 6.20 Å². The standard InChI is InChI=1S/C15H16ClN3O2/c1-9-6-7-11(8-17-9)19-14(20)12(10-4-2-3-5-10)13(16)18-15(19)21/h6-8,10H,2-5H2,1H3,(H,18,21). The van der Waals surface area contributed by atoms with Crippen molar-refractivity contribution in [3.8, 4) is 5.69 Å². The summed E-state index contributed by atoms with van der Waals surface area (Å²) in [5.74, 6) is 0.131. The van der Waals surface area contributed by atoms with E-state index in [9.17, 15) is 9.59 Å². The molecule has 0 aromatic carbocycles. The summed E-state index contributed by atoms with van der Waals surface area (Å²) in [5.41, 5.74) is 0.948. The molecule has 0 radical (unpaired) electrons. The van der Waals surface area contributed by atoms with Crippen molar-refractivity contribution >= 4 is 11.6 Å². The fourth-order valence-electron chi connectivity index (χ4n) is 2.92. The van der Waals surface area contributed by atoms with Crippen molar-refractivity contribution < 1.29 is 0 Å². The minimum absolute atomic E-state index is 0.131. The Morgan fingerprint density at radius 2 is 2.00 bits per heavy atom. The summed E-state index contributed by atoms with van der Waals surface area (Å²) in [6, 6.07) is 3.48. The summed E-state index contributed by atoms with van der Waals surface area (Å²) in [5, 5.41) is 0.174. The summed E-state index contributed by atoms with van der Waals surface area (Å²) in [6.45, 7) is 1.85. The number of hydrogen-bond donors (Lipinski definition) is 1. The lowest BCUT2D eigenvalue weighted by molar-refractivity contribution is 0.688. The maximum atomic E-state index is 12.7. The van der Waals surface area contributed by atoms with E-state index >= 15 is 0 Å². The molecule has 2 aromatic heterocycles. The average Bonchev–Trinajstić information content (AvgIpc) is 2.94. The lowest BCUT2D eigenvalue weighted by atomic mass is 10.0. The van der Waals surface area contributed by atoms with Gasteiger partial charge in [0, 0.05) is 5.69 Å². The minimum Gasteiger partial charge on any atom is -0.297 e. The van der Waals surface area contributed by atoms with Crippen LogP contribution in [-0.4, -0.2) is 14.5 Å². The zero-order chi connectivity index (χ0) is 15.0. The Kier molecular flexibility index (Phi) is 3.68. The SMILES string of the molecule is Cc1ccc(-n2c(=O)[nH]c(Cl)c(C3CCCC3)c2=O)cn1. The first-order valence-electron chi connectivity index (χ1n) is 7.05. The zero-order valence-electron chi connectivity index (χ0n) is 11.7. The van der Waals surface area contributed by atoms with Crippen LogP contribution < -0.4 is 11.2 Å². The Bertz CT molecular complexity index is 771. The van der Waals surface area contributed by atoms with Crippen molar-refractivity contribution in [2.24, 2.45) is 0 Å². The third-order valence-corrected chi connectivity index (χ3v) is 4.31. The van der Waals surface area contributed by atoms with Crippen molar-refractivity contribution in [3.63, 3.8) is 0 Å². The molecule has 110 valence electrons. The van der Waals surface area contributed by atoms with Crippen molar-refractivity contribution in [2.45, 2.75) is 38.5 Å². The second-order valence-electron chi connectivity index (χ2n) is 5.44. The van der Waals surface area contributed by atoms with E-state index < -0.39 is 5.69 Å². The molecule has 0 aliphatic heterocycles. The normalized spacial score (nSPS) is 15.5. The molecule has 6 heteroatoms. The van der Waals surface area contributed by atoms with Crippen molar-refractivity contribution in [3.05, 3.63) is 55.6 Å². The van der Waals surface area contributed by atoms with Crippen LogP contribution in [0, 0.1) is 6.92 Å². The van der Waals surface area contributed by atoms with Crippen LogP contribution in [0.15, 0.2) is 27.9 Å². The second kappa shape index (κ2) is 5.48. The first kappa shape index (κ1) is 14.1. The molecule has 3 rings (SSSR count). The summed E-state index contributed by atoms with van der Waals surface area (Å²) in [7, 11) is 0. The molecule has 1 saturated carbocycles. The maximum absolute atomic E-state index is 12.7. The largest absolute Gasteiger partial charge is 0.334 e. The van der Waals surface area contributed by atoms with Crippen LogP contribution in [0.5, 0.6) is 0 Å². The molecule has 0 amide bonds. The van der Waals surface area contributed by atoms with Gasteiger partial charge in [-0.15, -0.1) is 0 Å². The van der Waals surface area contributed by atoms with Crippen LogP contribution in [-0.2, 0) is 0 Å². The molecule has 1 aliphatic rings. The van der Waals surface area contributed by atoms with Crippen LogP contribution in [0.2, 0.25) is 5.15 Å². The number of aromatic nitrogens is 3. The van der Waals surface area contributed by atoms with E-state index in [4.69, 9.17) is 11.6 Å². The van der Waals surface area contributed by atoms with Gasteiger partial charge < -0.3 is 0 Å². The number of rotatable bonds is 2. The molecule has 1 N–H and O–H groups in total. The predicted molar refractivity (Wildman–Crippen MR) is 81.4 cm³/mol. The summed E-state index contributed by atoms with van der Waals surface area (Å²) >= 11 is 6.11. The average molecular weight is 306 g/mol. The zero-order valence-corrected chi connectivity index (χ0v) is 12.5. The summed E-state index contributed by atoms with van der Waals surface area (Å²) < 4.78 is 1.12. The van der Waals surface area contributed by atoms with Crippen LogP contribution in [0.1, 0.15) is 42.9 Å². The van der Waals surface area contributed by atoms with Gasteiger partial charge in [-0.05, 0) is 37.8 Å². The highest BCUT2D eigenvalue weighted by molar-refractivity contribution is 6.30. The van der Waals surface area contributed by atoms with Gasteiger partial charge in [0.15, 0.2) is 0 Å². The highest BCUT2D eigenvalue weighted by atomic mass is 35.5. The van der Waals surface area contributed by atoms with E-state index in [0.29, 0.717) is 11.3 Å². The van der Waals surface area contributed by atoms with Gasteiger partial charge >= 0.3 is 5.69 Å². The van der Waals surface area contributed by atoms with Gasteiger partial charge in [0.2, 0.25) is 0 Å². The second-order valence-corrected chi connectivity index (χ2v) is 5.82. The number of nitrogens with one attached hydrogen (secondary N) is 1. The number of aryl methyl sites for hydroxylation is 1. The van der Waals surface area contributed by atoms with Gasteiger partial charge in [0.25, 0.3) is 5.56 Å². The molecule has 2 heterocycles. The van der Waals surface area contributed by atoms with Gasteiger partial charge in [-0.3, -0.25) is 14.8 Å². The third kappa shape index (κ3) is 2.53. The molecule has 0 bridgehead atoms.